The van der Waals surface area contributed by atoms with Gasteiger partial charge in [-0.25, -0.2) is 4.68 Å². The second kappa shape index (κ2) is 10.9. The molecule has 34 heavy (non-hydrogen) atoms. The van der Waals surface area contributed by atoms with E-state index < -0.39 is 11.9 Å². The number of nitrogen functional groups attached to an aromatic ring is 1. The summed E-state index contributed by atoms with van der Waals surface area (Å²) in [6.07, 6.45) is -4.58. The Morgan fingerprint density at radius 1 is 0.853 bits per heavy atom. The lowest BCUT2D eigenvalue weighted by molar-refractivity contribution is -0.140. The Hall–Kier alpha value is -3.74. The highest BCUT2D eigenvalue weighted by Gasteiger charge is 2.39. The SMILES string of the molecule is CCN(CC)c1cccc(C)c1.Nc1c(-c2ccccc2)c(C(F)(F)F)nn1-c1ccccc1. The van der Waals surface area contributed by atoms with E-state index in [0.717, 1.165) is 17.8 Å². The van der Waals surface area contributed by atoms with Gasteiger partial charge in [0.15, 0.2) is 5.69 Å². The van der Waals surface area contributed by atoms with Crippen LogP contribution in [0.25, 0.3) is 16.8 Å². The number of alkyl halides is 3. The van der Waals surface area contributed by atoms with Crippen molar-refractivity contribution < 1.29 is 13.2 Å². The molecule has 0 fully saturated rings. The van der Waals surface area contributed by atoms with Crippen LogP contribution in [0.4, 0.5) is 24.7 Å². The lowest BCUT2D eigenvalue weighted by Gasteiger charge is -2.21. The molecule has 0 aliphatic rings. The molecule has 4 rings (SSSR count). The first kappa shape index (κ1) is 24.9. The summed E-state index contributed by atoms with van der Waals surface area (Å²) in [5.41, 5.74) is 8.41. The maximum Gasteiger partial charge on any atom is 0.435 e. The molecule has 4 aromatic rings. The number of hydrogen-bond donors (Lipinski definition) is 1. The molecule has 0 bridgehead atoms. The van der Waals surface area contributed by atoms with E-state index in [-0.39, 0.29) is 11.4 Å². The van der Waals surface area contributed by atoms with Gasteiger partial charge in [0, 0.05) is 18.8 Å². The van der Waals surface area contributed by atoms with Gasteiger partial charge in [-0.05, 0) is 56.2 Å². The van der Waals surface area contributed by atoms with Crippen LogP contribution in [0, 0.1) is 6.92 Å². The van der Waals surface area contributed by atoms with Crippen LogP contribution in [0.15, 0.2) is 84.9 Å². The van der Waals surface area contributed by atoms with Crippen LogP contribution in [-0.4, -0.2) is 22.9 Å². The molecular weight excluding hydrogens is 437 g/mol. The zero-order valence-corrected chi connectivity index (χ0v) is 19.6. The zero-order valence-electron chi connectivity index (χ0n) is 19.6. The third-order valence-corrected chi connectivity index (χ3v) is 5.38. The normalized spacial score (nSPS) is 11.0. The molecule has 0 atom stereocenters. The van der Waals surface area contributed by atoms with E-state index in [2.05, 4.69) is 55.0 Å². The van der Waals surface area contributed by atoms with E-state index in [0.29, 0.717) is 11.3 Å². The number of hydrogen-bond acceptors (Lipinski definition) is 3. The fourth-order valence-electron chi connectivity index (χ4n) is 3.70. The summed E-state index contributed by atoms with van der Waals surface area (Å²) < 4.78 is 41.1. The summed E-state index contributed by atoms with van der Waals surface area (Å²) in [4.78, 5) is 2.35. The number of anilines is 2. The van der Waals surface area contributed by atoms with Gasteiger partial charge in [0.25, 0.3) is 0 Å². The summed E-state index contributed by atoms with van der Waals surface area (Å²) in [5, 5.41) is 3.69. The van der Waals surface area contributed by atoms with E-state index in [9.17, 15) is 13.2 Å². The lowest BCUT2D eigenvalue weighted by atomic mass is 10.1. The summed E-state index contributed by atoms with van der Waals surface area (Å²) >= 11 is 0. The molecule has 0 aliphatic heterocycles. The van der Waals surface area contributed by atoms with E-state index in [1.165, 1.54) is 11.3 Å². The molecule has 1 heterocycles. The van der Waals surface area contributed by atoms with Crippen LogP contribution < -0.4 is 10.6 Å². The van der Waals surface area contributed by atoms with Crippen molar-refractivity contribution in [3.05, 3.63) is 96.2 Å². The number of halogens is 3. The largest absolute Gasteiger partial charge is 0.435 e. The molecule has 0 radical (unpaired) electrons. The topological polar surface area (TPSA) is 47.1 Å². The number of aromatic nitrogens is 2. The molecule has 178 valence electrons. The summed E-state index contributed by atoms with van der Waals surface area (Å²) in [6.45, 7) is 8.67. The van der Waals surface area contributed by atoms with Gasteiger partial charge in [-0.1, -0.05) is 60.7 Å². The fourth-order valence-corrected chi connectivity index (χ4v) is 3.70. The van der Waals surface area contributed by atoms with Crippen molar-refractivity contribution in [1.82, 2.24) is 9.78 Å². The second-order valence-electron chi connectivity index (χ2n) is 7.73. The second-order valence-corrected chi connectivity index (χ2v) is 7.73. The number of para-hydroxylation sites is 1. The van der Waals surface area contributed by atoms with Gasteiger partial charge in [0.2, 0.25) is 0 Å². The van der Waals surface area contributed by atoms with Crippen LogP contribution in [0.2, 0.25) is 0 Å². The zero-order chi connectivity index (χ0) is 24.7. The highest BCUT2D eigenvalue weighted by atomic mass is 19.4. The van der Waals surface area contributed by atoms with Crippen molar-refractivity contribution in [2.24, 2.45) is 0 Å². The maximum atomic E-state index is 13.3. The Balaban J connectivity index is 0.000000229. The molecule has 3 aromatic carbocycles. The Kier molecular flexibility index (Phi) is 7.99. The molecule has 4 nitrogen and oxygen atoms in total. The Bertz CT molecular complexity index is 1180. The van der Waals surface area contributed by atoms with Gasteiger partial charge in [-0.3, -0.25) is 0 Å². The van der Waals surface area contributed by atoms with Crippen molar-refractivity contribution in [3.8, 4) is 16.8 Å². The predicted octanol–water partition coefficient (Wildman–Crippen LogP) is 6.98. The first-order valence-electron chi connectivity index (χ1n) is 11.1. The molecule has 2 N–H and O–H groups in total. The average molecular weight is 467 g/mol. The van der Waals surface area contributed by atoms with Crippen LogP contribution >= 0.6 is 0 Å². The summed E-state index contributed by atoms with van der Waals surface area (Å²) in [5.74, 6) is -0.0373. The average Bonchev–Trinajstić information content (AvgIpc) is 3.19. The smallest absolute Gasteiger partial charge is 0.383 e. The van der Waals surface area contributed by atoms with Crippen LogP contribution in [-0.2, 0) is 6.18 Å². The molecule has 0 saturated carbocycles. The van der Waals surface area contributed by atoms with Gasteiger partial charge < -0.3 is 10.6 Å². The van der Waals surface area contributed by atoms with E-state index in [4.69, 9.17) is 5.73 Å². The first-order chi connectivity index (χ1) is 16.3. The number of nitrogens with zero attached hydrogens (tertiary/aromatic N) is 3. The molecule has 0 amide bonds. The molecule has 0 aliphatic carbocycles. The molecule has 7 heteroatoms. The number of nitrogens with two attached hydrogens (primary N) is 1. The monoisotopic (exact) mass is 466 g/mol. The van der Waals surface area contributed by atoms with Crippen molar-refractivity contribution in [1.29, 1.82) is 0 Å². The number of benzene rings is 3. The quantitative estimate of drug-likeness (QED) is 0.345. The predicted molar refractivity (Wildman–Crippen MR) is 133 cm³/mol. The van der Waals surface area contributed by atoms with E-state index in [1.807, 2.05) is 0 Å². The third-order valence-electron chi connectivity index (χ3n) is 5.38. The highest BCUT2D eigenvalue weighted by molar-refractivity contribution is 5.78. The minimum absolute atomic E-state index is 0.0373. The maximum absolute atomic E-state index is 13.3. The van der Waals surface area contributed by atoms with Crippen molar-refractivity contribution in [3.63, 3.8) is 0 Å². The molecular formula is C27H29F3N4. The van der Waals surface area contributed by atoms with Crippen LogP contribution in [0.1, 0.15) is 25.1 Å². The van der Waals surface area contributed by atoms with Gasteiger partial charge in [-0.2, -0.15) is 18.3 Å². The Morgan fingerprint density at radius 2 is 1.44 bits per heavy atom. The Labute approximate surface area is 198 Å². The Morgan fingerprint density at radius 3 is 1.97 bits per heavy atom. The van der Waals surface area contributed by atoms with Gasteiger partial charge >= 0.3 is 6.18 Å². The molecule has 0 saturated heterocycles. The van der Waals surface area contributed by atoms with Crippen LogP contribution in [0.3, 0.4) is 0 Å². The van der Waals surface area contributed by atoms with Gasteiger partial charge in [0.05, 0.1) is 11.3 Å². The minimum Gasteiger partial charge on any atom is -0.383 e. The molecule has 0 unspecified atom stereocenters. The standard InChI is InChI=1S/C16H12F3N3.C11H17N/c17-16(18,19)14-13(11-7-3-1-4-8-11)15(20)22(21-14)12-9-5-2-6-10-12;1-4-12(5-2)11-8-6-7-10(3)9-11/h1-10H,20H2;6-9H,4-5H2,1-3H3. The van der Waals surface area contributed by atoms with Crippen LogP contribution in [0.5, 0.6) is 0 Å². The van der Waals surface area contributed by atoms with Crippen molar-refractivity contribution >= 4 is 11.5 Å². The number of rotatable bonds is 5. The third kappa shape index (κ3) is 5.78. The van der Waals surface area contributed by atoms with E-state index in [1.54, 1.807) is 60.7 Å². The molecule has 0 spiro atoms. The van der Waals surface area contributed by atoms with E-state index >= 15 is 0 Å². The van der Waals surface area contributed by atoms with Gasteiger partial charge in [-0.15, -0.1) is 0 Å². The number of aryl methyl sites for hydroxylation is 1. The van der Waals surface area contributed by atoms with Gasteiger partial charge in [0.1, 0.15) is 5.82 Å². The minimum atomic E-state index is -4.58. The van der Waals surface area contributed by atoms with Crippen molar-refractivity contribution in [2.45, 2.75) is 26.9 Å². The first-order valence-corrected chi connectivity index (χ1v) is 11.1. The molecule has 1 aromatic heterocycles. The fraction of sp³-hybridized carbons (Fsp3) is 0.222. The lowest BCUT2D eigenvalue weighted by Crippen LogP contribution is -2.21. The summed E-state index contributed by atoms with van der Waals surface area (Å²) in [7, 11) is 0. The highest BCUT2D eigenvalue weighted by Crippen LogP contribution is 2.40. The summed E-state index contributed by atoms with van der Waals surface area (Å²) in [6, 6.07) is 25.4. The van der Waals surface area contributed by atoms with Crippen molar-refractivity contribution in [2.75, 3.05) is 23.7 Å².